The molecule has 0 saturated carbocycles. The summed E-state index contributed by atoms with van der Waals surface area (Å²) < 4.78 is 4.64. The second-order valence-corrected chi connectivity index (χ2v) is 3.45. The van der Waals surface area contributed by atoms with Gasteiger partial charge in [0.2, 0.25) is 0 Å². The zero-order chi connectivity index (χ0) is 16.3. The maximum atomic E-state index is 11.6. The first-order valence-electron chi connectivity index (χ1n) is 6.99. The Bertz CT molecular complexity index is 449. The largest absolute Gasteiger partial charge is 0.386 e. The zero-order valence-corrected chi connectivity index (χ0v) is 13.7. The van der Waals surface area contributed by atoms with Crippen LogP contribution in [0, 0.1) is 0 Å². The highest BCUT2D eigenvalue weighted by Gasteiger charge is 2.30. The first kappa shape index (κ1) is 20.4. The lowest BCUT2D eigenvalue weighted by molar-refractivity contribution is -0.154. The molecule has 112 valence electrons. The van der Waals surface area contributed by atoms with Gasteiger partial charge in [-0.2, -0.15) is 0 Å². The van der Waals surface area contributed by atoms with Crippen molar-refractivity contribution in [3.63, 3.8) is 0 Å². The average Bonchev–Trinajstić information content (AvgIpc) is 2.45. The maximum Gasteiger partial charge on any atom is 0.346 e. The summed E-state index contributed by atoms with van der Waals surface area (Å²) in [4.78, 5) is 23.0. The third-order valence-electron chi connectivity index (χ3n) is 2.21. The first-order chi connectivity index (χ1) is 9.52. The molecule has 3 heteroatoms. The summed E-state index contributed by atoms with van der Waals surface area (Å²) in [6, 6.07) is 0. The highest BCUT2D eigenvalue weighted by Crippen LogP contribution is 2.29. The number of hydrogen-bond donors (Lipinski definition) is 0. The van der Waals surface area contributed by atoms with Crippen LogP contribution in [0.2, 0.25) is 0 Å². The van der Waals surface area contributed by atoms with E-state index in [9.17, 15) is 9.59 Å². The minimum absolute atomic E-state index is 0.378. The Hall–Kier alpha value is -1.90. The van der Waals surface area contributed by atoms with Gasteiger partial charge >= 0.3 is 11.9 Å². The van der Waals surface area contributed by atoms with Crippen molar-refractivity contribution >= 4 is 11.9 Å². The molecule has 1 rings (SSSR count). The fraction of sp³-hybridized carbons (Fsp3) is 0.412. The van der Waals surface area contributed by atoms with E-state index < -0.39 is 11.9 Å². The van der Waals surface area contributed by atoms with Crippen molar-refractivity contribution < 1.29 is 14.3 Å². The smallest absolute Gasteiger partial charge is 0.346 e. The molecule has 0 N–H and O–H groups in total. The molecule has 0 fully saturated rings. The second-order valence-electron chi connectivity index (χ2n) is 3.45. The van der Waals surface area contributed by atoms with Crippen molar-refractivity contribution in [2.75, 3.05) is 0 Å². The summed E-state index contributed by atoms with van der Waals surface area (Å²) in [5, 5.41) is 0. The van der Waals surface area contributed by atoms with Crippen LogP contribution in [0.3, 0.4) is 0 Å². The summed E-state index contributed by atoms with van der Waals surface area (Å²) >= 11 is 0. The van der Waals surface area contributed by atoms with E-state index in [0.717, 1.165) is 0 Å². The topological polar surface area (TPSA) is 43.4 Å². The summed E-state index contributed by atoms with van der Waals surface area (Å²) in [5.41, 5.74) is 2.01. The minimum Gasteiger partial charge on any atom is -0.386 e. The molecule has 0 atom stereocenters. The molecule has 0 aromatic carbocycles. The lowest BCUT2D eigenvalue weighted by Crippen LogP contribution is -2.24. The highest BCUT2D eigenvalue weighted by atomic mass is 16.6. The molecule has 20 heavy (non-hydrogen) atoms. The van der Waals surface area contributed by atoms with Crippen LogP contribution in [0.4, 0.5) is 0 Å². The van der Waals surface area contributed by atoms with E-state index in [1.165, 1.54) is 0 Å². The van der Waals surface area contributed by atoms with Gasteiger partial charge in [-0.25, -0.2) is 9.59 Å². The summed E-state index contributed by atoms with van der Waals surface area (Å²) in [5.74, 6) is -1.23. The number of ether oxygens (including phenoxy) is 1. The van der Waals surface area contributed by atoms with Gasteiger partial charge in [0.15, 0.2) is 0 Å². The van der Waals surface area contributed by atoms with Crippen molar-refractivity contribution in [3.05, 3.63) is 47.1 Å². The van der Waals surface area contributed by atoms with Crippen LogP contribution in [-0.4, -0.2) is 11.9 Å². The first-order valence-corrected chi connectivity index (χ1v) is 6.99. The molecule has 0 unspecified atom stereocenters. The van der Waals surface area contributed by atoms with Crippen LogP contribution in [0.1, 0.15) is 48.5 Å². The molecule has 1 aliphatic heterocycles. The quantitative estimate of drug-likeness (QED) is 0.424. The molecule has 0 aromatic rings. The predicted octanol–water partition coefficient (Wildman–Crippen LogP) is 4.52. The molecule has 0 amide bonds. The van der Waals surface area contributed by atoms with E-state index in [1.807, 2.05) is 27.7 Å². The monoisotopic (exact) mass is 278 g/mol. The molecule has 0 radical (unpaired) electrons. The van der Waals surface area contributed by atoms with E-state index in [1.54, 1.807) is 39.0 Å². The third-order valence-corrected chi connectivity index (χ3v) is 2.21. The van der Waals surface area contributed by atoms with Crippen LogP contribution < -0.4 is 0 Å². The highest BCUT2D eigenvalue weighted by molar-refractivity contribution is 6.12. The molecule has 0 spiro atoms. The number of allylic oxidation sites excluding steroid dienone is 3. The molecule has 0 bridgehead atoms. The average molecular weight is 278 g/mol. The fourth-order valence-electron chi connectivity index (χ4n) is 1.58. The van der Waals surface area contributed by atoms with Gasteiger partial charge in [0.05, 0.1) is 11.1 Å². The Morgan fingerprint density at radius 1 is 1.05 bits per heavy atom. The Morgan fingerprint density at radius 3 is 1.90 bits per heavy atom. The minimum atomic E-state index is -0.619. The van der Waals surface area contributed by atoms with Gasteiger partial charge in [0.25, 0.3) is 0 Å². The molecule has 0 aliphatic carbocycles. The molecule has 3 nitrogen and oxygen atoms in total. The van der Waals surface area contributed by atoms with Crippen LogP contribution >= 0.6 is 0 Å². The molecular weight excluding hydrogens is 252 g/mol. The molecule has 0 saturated heterocycles. The Morgan fingerprint density at radius 2 is 1.55 bits per heavy atom. The summed E-state index contributed by atoms with van der Waals surface area (Å²) in [6.45, 7) is 17.1. The summed E-state index contributed by atoms with van der Waals surface area (Å²) in [6.07, 6.45) is 4.98. The van der Waals surface area contributed by atoms with Crippen molar-refractivity contribution in [2.45, 2.75) is 48.5 Å². The van der Waals surface area contributed by atoms with E-state index in [0.29, 0.717) is 22.3 Å². The van der Waals surface area contributed by atoms with Gasteiger partial charge < -0.3 is 4.74 Å². The lowest BCUT2D eigenvalue weighted by atomic mass is 9.92. The lowest BCUT2D eigenvalue weighted by Gasteiger charge is -2.19. The normalized spacial score (nSPS) is 16.2. The van der Waals surface area contributed by atoms with Gasteiger partial charge in [-0.15, -0.1) is 0 Å². The molecular formula is C17H26O3. The van der Waals surface area contributed by atoms with Crippen molar-refractivity contribution in [1.82, 2.24) is 0 Å². The Balaban J connectivity index is 0. The van der Waals surface area contributed by atoms with E-state index in [2.05, 4.69) is 11.3 Å². The van der Waals surface area contributed by atoms with Crippen molar-refractivity contribution in [1.29, 1.82) is 0 Å². The second kappa shape index (κ2) is 11.0. The summed E-state index contributed by atoms with van der Waals surface area (Å²) in [7, 11) is 0. The van der Waals surface area contributed by atoms with E-state index >= 15 is 0 Å². The van der Waals surface area contributed by atoms with Gasteiger partial charge in [0, 0.05) is 5.57 Å². The molecule has 1 aliphatic rings. The van der Waals surface area contributed by atoms with Crippen LogP contribution in [0.15, 0.2) is 47.1 Å². The van der Waals surface area contributed by atoms with Gasteiger partial charge in [-0.1, -0.05) is 52.5 Å². The number of carbonyl (C=O) groups is 2. The number of carbonyl (C=O) groups excluding carboxylic acids is 2. The van der Waals surface area contributed by atoms with Crippen LogP contribution in [0.25, 0.3) is 0 Å². The zero-order valence-electron chi connectivity index (χ0n) is 13.7. The van der Waals surface area contributed by atoms with Crippen LogP contribution in [0.5, 0.6) is 0 Å². The number of rotatable bonds is 2. The number of hydrogen-bond acceptors (Lipinski definition) is 3. The predicted molar refractivity (Wildman–Crippen MR) is 84.2 cm³/mol. The molecule has 1 heterocycles. The van der Waals surface area contributed by atoms with Crippen molar-refractivity contribution in [2.24, 2.45) is 0 Å². The van der Waals surface area contributed by atoms with E-state index in [4.69, 9.17) is 0 Å². The third kappa shape index (κ3) is 5.00. The maximum absolute atomic E-state index is 11.6. The van der Waals surface area contributed by atoms with Crippen LogP contribution in [-0.2, 0) is 14.3 Å². The van der Waals surface area contributed by atoms with Crippen molar-refractivity contribution in [3.8, 4) is 0 Å². The van der Waals surface area contributed by atoms with Gasteiger partial charge in [0.1, 0.15) is 0 Å². The number of cyclic esters (lactones) is 2. The Kier molecular flexibility index (Phi) is 11.2. The Labute approximate surface area is 122 Å². The fourth-order valence-corrected chi connectivity index (χ4v) is 1.58. The molecule has 0 aromatic heterocycles. The number of esters is 2. The van der Waals surface area contributed by atoms with Gasteiger partial charge in [-0.3, -0.25) is 0 Å². The standard InChI is InChI=1S/C13H14O3.2C2H6/c1-5-7-10-11(8(3)4)9(6-2)12(14)16-13(10)15;2*1-2/h5-7H,3H2,1-2,4H3;2*1-2H3/b7-5-,9-6+;;. The SMILES string of the molecule is C=C(C)C1=C(/C=C\C)C(=O)OC(=O)/C1=C/C.CC.CC. The van der Waals surface area contributed by atoms with Gasteiger partial charge in [-0.05, 0) is 26.3 Å². The van der Waals surface area contributed by atoms with E-state index in [-0.39, 0.29) is 0 Å².